The van der Waals surface area contributed by atoms with Gasteiger partial charge in [-0.2, -0.15) is 18.4 Å². The fourth-order valence-electron chi connectivity index (χ4n) is 4.66. The van der Waals surface area contributed by atoms with Crippen LogP contribution in [0.1, 0.15) is 38.3 Å². The zero-order chi connectivity index (χ0) is 29.6. The Kier molecular flexibility index (Phi) is 7.08. The number of carboxylic acid groups (broad SMARTS) is 1. The van der Waals surface area contributed by atoms with Crippen LogP contribution in [0, 0.1) is 30.1 Å². The molecule has 0 amide bonds. The van der Waals surface area contributed by atoms with Crippen LogP contribution in [0.2, 0.25) is 5.02 Å². The number of fused-ring (bicyclic) bond motifs is 2. The number of benzene rings is 2. The van der Waals surface area contributed by atoms with Gasteiger partial charge in [0.2, 0.25) is 0 Å². The molecule has 0 unspecified atom stereocenters. The van der Waals surface area contributed by atoms with Gasteiger partial charge in [0.05, 0.1) is 43.9 Å². The monoisotopic (exact) mass is 591 g/mol. The summed E-state index contributed by atoms with van der Waals surface area (Å²) in [5, 5.41) is 20.9. The van der Waals surface area contributed by atoms with Gasteiger partial charge < -0.3 is 9.67 Å². The lowest BCUT2D eigenvalue weighted by atomic mass is 9.98. The van der Waals surface area contributed by atoms with Crippen LogP contribution in [-0.4, -0.2) is 20.6 Å². The van der Waals surface area contributed by atoms with Crippen LogP contribution in [0.3, 0.4) is 0 Å². The van der Waals surface area contributed by atoms with E-state index in [-0.39, 0.29) is 34.0 Å². The summed E-state index contributed by atoms with van der Waals surface area (Å²) in [7, 11) is 1.54. The fourth-order valence-corrected chi connectivity index (χ4v) is 5.86. The number of halogens is 4. The first-order valence-electron chi connectivity index (χ1n) is 11.9. The average molecular weight is 592 g/mol. The average Bonchev–Trinajstić information content (AvgIpc) is 3.38. The number of aromatic nitrogens is 2. The maximum atomic E-state index is 13.4. The molecule has 11 heteroatoms. The molecule has 0 saturated carbocycles. The van der Waals surface area contributed by atoms with Crippen molar-refractivity contribution in [3.63, 3.8) is 0 Å². The minimum atomic E-state index is -4.68. The highest BCUT2D eigenvalue weighted by Crippen LogP contribution is 2.37. The van der Waals surface area contributed by atoms with Crippen molar-refractivity contribution in [3.8, 4) is 29.0 Å². The van der Waals surface area contributed by atoms with E-state index >= 15 is 0 Å². The lowest BCUT2D eigenvalue weighted by Crippen LogP contribution is -2.19. The van der Waals surface area contributed by atoms with Gasteiger partial charge in [0, 0.05) is 58.0 Å². The van der Waals surface area contributed by atoms with E-state index in [0.717, 1.165) is 6.07 Å². The molecule has 2 aromatic carbocycles. The van der Waals surface area contributed by atoms with Gasteiger partial charge in [0.25, 0.3) is 0 Å². The van der Waals surface area contributed by atoms with E-state index in [1.807, 2.05) is 0 Å². The lowest BCUT2D eigenvalue weighted by Gasteiger charge is -2.16. The van der Waals surface area contributed by atoms with E-state index in [1.165, 1.54) is 34.5 Å². The maximum Gasteiger partial charge on any atom is 0.416 e. The summed E-state index contributed by atoms with van der Waals surface area (Å²) in [5.41, 5.74) is 1.10. The first-order chi connectivity index (χ1) is 19.4. The summed E-state index contributed by atoms with van der Waals surface area (Å²) >= 11 is 7.53. The molecule has 0 radical (unpaired) electrons. The lowest BCUT2D eigenvalue weighted by molar-refractivity contribution is -0.137. The molecular formula is C30H17ClF3N3O3S. The Labute approximate surface area is 239 Å². The molecule has 3 heterocycles. The predicted octanol–water partition coefficient (Wildman–Crippen LogP) is 6.96. The van der Waals surface area contributed by atoms with Crippen molar-refractivity contribution in [2.75, 3.05) is 0 Å². The molecule has 0 aliphatic carbocycles. The number of hydrogen-bond donors (Lipinski definition) is 1. The van der Waals surface area contributed by atoms with Gasteiger partial charge in [-0.1, -0.05) is 23.4 Å². The molecule has 0 atom stereocenters. The molecule has 0 aliphatic heterocycles. The highest BCUT2D eigenvalue weighted by atomic mass is 35.5. The number of carboxylic acids is 1. The van der Waals surface area contributed by atoms with Crippen LogP contribution >= 0.6 is 22.9 Å². The molecule has 5 aromatic rings. The number of hydrogen-bond acceptors (Lipinski definition) is 5. The van der Waals surface area contributed by atoms with Gasteiger partial charge in [-0.05, 0) is 43.3 Å². The first kappa shape index (κ1) is 27.9. The number of alkyl halides is 3. The van der Waals surface area contributed by atoms with Gasteiger partial charge >= 0.3 is 12.1 Å². The minimum Gasteiger partial charge on any atom is -0.478 e. The molecule has 3 aromatic heterocycles. The van der Waals surface area contributed by atoms with Crippen molar-refractivity contribution in [1.82, 2.24) is 9.55 Å². The molecule has 0 bridgehead atoms. The van der Waals surface area contributed by atoms with Crippen LogP contribution in [-0.2, 0) is 19.6 Å². The molecule has 1 N–H and O–H groups in total. The van der Waals surface area contributed by atoms with Gasteiger partial charge in [0.15, 0.2) is 5.43 Å². The molecule has 5 rings (SSSR count). The zero-order valence-corrected chi connectivity index (χ0v) is 22.9. The second-order valence-corrected chi connectivity index (χ2v) is 10.5. The molecule has 0 spiro atoms. The molecule has 204 valence electrons. The Balaban J connectivity index is 1.62. The smallest absolute Gasteiger partial charge is 0.416 e. The summed E-state index contributed by atoms with van der Waals surface area (Å²) in [6.07, 6.45) is -3.20. The first-order valence-corrected chi connectivity index (χ1v) is 13.2. The Bertz CT molecular complexity index is 2080. The largest absolute Gasteiger partial charge is 0.478 e. The normalized spacial score (nSPS) is 11.3. The number of nitrogens with zero attached hydrogens (tertiary/aromatic N) is 3. The van der Waals surface area contributed by atoms with E-state index in [0.29, 0.717) is 43.7 Å². The third-order valence-corrected chi connectivity index (χ3v) is 8.05. The van der Waals surface area contributed by atoms with Gasteiger partial charge in [-0.3, -0.25) is 9.78 Å². The summed E-state index contributed by atoms with van der Waals surface area (Å²) in [6.45, 7) is 1.61. The van der Waals surface area contributed by atoms with Crippen molar-refractivity contribution >= 4 is 50.0 Å². The molecule has 6 nitrogen and oxygen atoms in total. The second kappa shape index (κ2) is 10.4. The highest BCUT2D eigenvalue weighted by molar-refractivity contribution is 7.18. The minimum absolute atomic E-state index is 0.00829. The second-order valence-electron chi connectivity index (χ2n) is 9.14. The Morgan fingerprint density at radius 3 is 2.61 bits per heavy atom. The van der Waals surface area contributed by atoms with Crippen molar-refractivity contribution in [2.24, 2.45) is 7.05 Å². The van der Waals surface area contributed by atoms with E-state index < -0.39 is 23.1 Å². The number of aromatic carboxylic acids is 1. The number of carbonyl (C=O) groups is 1. The molecule has 41 heavy (non-hydrogen) atoms. The number of nitriles is 1. The quantitative estimate of drug-likeness (QED) is 0.229. The van der Waals surface area contributed by atoms with Crippen LogP contribution in [0.4, 0.5) is 13.2 Å². The van der Waals surface area contributed by atoms with Gasteiger partial charge in [-0.25, -0.2) is 4.79 Å². The van der Waals surface area contributed by atoms with Crippen molar-refractivity contribution in [1.29, 1.82) is 5.26 Å². The fraction of sp³-hybridized carbons (Fsp3) is 0.133. The highest BCUT2D eigenvalue weighted by Gasteiger charge is 2.32. The van der Waals surface area contributed by atoms with Crippen LogP contribution < -0.4 is 5.43 Å². The Hall–Kier alpha value is -4.64. The van der Waals surface area contributed by atoms with Gasteiger partial charge in [-0.15, -0.1) is 11.3 Å². The molecule has 0 fully saturated rings. The number of aryl methyl sites for hydroxylation is 1. The summed E-state index contributed by atoms with van der Waals surface area (Å²) in [4.78, 5) is 29.3. The zero-order valence-electron chi connectivity index (χ0n) is 21.4. The molecule has 0 saturated heterocycles. The Morgan fingerprint density at radius 2 is 1.93 bits per heavy atom. The van der Waals surface area contributed by atoms with Crippen LogP contribution in [0.25, 0.3) is 32.2 Å². The van der Waals surface area contributed by atoms with E-state index in [4.69, 9.17) is 11.6 Å². The Morgan fingerprint density at radius 1 is 1.17 bits per heavy atom. The van der Waals surface area contributed by atoms with Crippen LogP contribution in [0.15, 0.2) is 52.8 Å². The predicted molar refractivity (Wildman–Crippen MR) is 151 cm³/mol. The van der Waals surface area contributed by atoms with Crippen LogP contribution in [0.5, 0.6) is 0 Å². The summed E-state index contributed by atoms with van der Waals surface area (Å²) < 4.78 is 42.4. The van der Waals surface area contributed by atoms with E-state index in [2.05, 4.69) is 16.8 Å². The topological polar surface area (TPSA) is 96.0 Å². The standard InChI is InChI=1S/C30H17ClF3N3O3S/c1-15-20(27(38)25-17(13-35)10-18(30(32,33)34)11-24(25)37(15)2)5-3-4-16-6-7-19(31)12-22(16)21-8-9-36-26-23(29(39)40)14-41-28(21)26/h6-12,14H,5H2,1-2H3,(H,39,40). The van der Waals surface area contributed by atoms with Crippen molar-refractivity contribution in [3.05, 3.63) is 96.7 Å². The number of rotatable bonds is 3. The molecular weight excluding hydrogens is 575 g/mol. The molecule has 0 aliphatic rings. The van der Waals surface area contributed by atoms with E-state index in [9.17, 15) is 33.1 Å². The summed E-state index contributed by atoms with van der Waals surface area (Å²) in [6, 6.07) is 10.1. The van der Waals surface area contributed by atoms with Gasteiger partial charge in [0.1, 0.15) is 0 Å². The number of pyridine rings is 2. The van der Waals surface area contributed by atoms with Crippen molar-refractivity contribution < 1.29 is 23.1 Å². The maximum absolute atomic E-state index is 13.4. The SMILES string of the molecule is Cc1c(CC#Cc2ccc(Cl)cc2-c2ccnc3c(C(=O)O)csc23)c(=O)c2c(C#N)cc(C(F)(F)F)cc2n1C. The van der Waals surface area contributed by atoms with E-state index in [1.54, 1.807) is 37.3 Å². The summed E-state index contributed by atoms with van der Waals surface area (Å²) in [5.74, 6) is 4.96. The number of thiophene rings is 1. The third-order valence-electron chi connectivity index (χ3n) is 6.81. The van der Waals surface area contributed by atoms with Crippen molar-refractivity contribution in [2.45, 2.75) is 19.5 Å². The third kappa shape index (κ3) is 4.93.